The van der Waals surface area contributed by atoms with Crippen LogP contribution in [0.25, 0.3) is 0 Å². The van der Waals surface area contributed by atoms with Gasteiger partial charge < -0.3 is 10.4 Å². The van der Waals surface area contributed by atoms with E-state index in [-0.39, 0.29) is 12.5 Å². The molecule has 0 aromatic rings. The molecule has 0 aromatic carbocycles. The summed E-state index contributed by atoms with van der Waals surface area (Å²) in [6.07, 6.45) is 2.13. The molecule has 0 rings (SSSR count). The van der Waals surface area contributed by atoms with Gasteiger partial charge in [0.25, 0.3) is 0 Å². The highest BCUT2D eigenvalue weighted by atomic mass is 28.1. The van der Waals surface area contributed by atoms with Crippen LogP contribution in [0.4, 0.5) is 0 Å². The molecule has 0 saturated carbocycles. The van der Waals surface area contributed by atoms with Crippen LogP contribution in [0.1, 0.15) is 19.3 Å². The minimum absolute atomic E-state index is 0.0640. The van der Waals surface area contributed by atoms with Crippen LogP contribution in [-0.4, -0.2) is 34.4 Å². The molecule has 0 radical (unpaired) electrons. The Morgan fingerprint density at radius 3 is 2.73 bits per heavy atom. The molecule has 0 aliphatic heterocycles. The van der Waals surface area contributed by atoms with Crippen LogP contribution in [0.5, 0.6) is 0 Å². The van der Waals surface area contributed by atoms with Gasteiger partial charge in [0.2, 0.25) is 5.91 Å². The van der Waals surface area contributed by atoms with Crippen molar-refractivity contribution in [2.75, 3.05) is 13.2 Å². The van der Waals surface area contributed by atoms with Gasteiger partial charge in [-0.15, -0.1) is 0 Å². The van der Waals surface area contributed by atoms with Gasteiger partial charge in [-0.1, -0.05) is 6.04 Å². The van der Waals surface area contributed by atoms with E-state index in [4.69, 9.17) is 5.11 Å². The quantitative estimate of drug-likeness (QED) is 0.404. The van der Waals surface area contributed by atoms with E-state index in [9.17, 15) is 4.79 Å². The first kappa shape index (κ1) is 10.6. The second-order valence-electron chi connectivity index (χ2n) is 2.53. The molecule has 0 fully saturated rings. The average Bonchev–Trinajstić information content (AvgIpc) is 2.01. The summed E-state index contributed by atoms with van der Waals surface area (Å²) in [5.41, 5.74) is 0. The normalized spacial score (nSPS) is 9.91. The lowest BCUT2D eigenvalue weighted by Crippen LogP contribution is -2.24. The van der Waals surface area contributed by atoms with Crippen LogP contribution < -0.4 is 5.32 Å². The molecule has 0 aromatic heterocycles. The molecule has 3 nitrogen and oxygen atoms in total. The summed E-state index contributed by atoms with van der Waals surface area (Å²) < 4.78 is 0. The molecule has 0 aliphatic carbocycles. The molecule has 11 heavy (non-hydrogen) atoms. The number of hydrogen-bond acceptors (Lipinski definition) is 2. The summed E-state index contributed by atoms with van der Waals surface area (Å²) in [7, 11) is 1.21. The third kappa shape index (κ3) is 7.54. The maximum Gasteiger partial charge on any atom is 0.220 e. The molecule has 1 amide bonds. The third-order valence-electron chi connectivity index (χ3n) is 1.41. The molecule has 2 N–H and O–H groups in total. The molecule has 0 spiro atoms. The Balaban J connectivity index is 3.09. The molecule has 0 aliphatic rings. The zero-order valence-electron chi connectivity index (χ0n) is 7.10. The largest absolute Gasteiger partial charge is 0.396 e. The molecule has 0 bridgehead atoms. The highest BCUT2D eigenvalue weighted by molar-refractivity contribution is 6.08. The van der Waals surface area contributed by atoms with Crippen LogP contribution in [-0.2, 0) is 4.79 Å². The summed E-state index contributed by atoms with van der Waals surface area (Å²) in [5, 5.41) is 11.2. The van der Waals surface area contributed by atoms with E-state index in [0.29, 0.717) is 12.8 Å². The fourth-order valence-electron chi connectivity index (χ4n) is 0.733. The van der Waals surface area contributed by atoms with Crippen molar-refractivity contribution in [2.45, 2.75) is 25.3 Å². The van der Waals surface area contributed by atoms with Crippen molar-refractivity contribution in [3.63, 3.8) is 0 Å². The SMILES string of the molecule is O=C(CCCO)NCCC[SiH3]. The van der Waals surface area contributed by atoms with Gasteiger partial charge in [-0.3, -0.25) is 4.79 Å². The Labute approximate surface area is 70.6 Å². The van der Waals surface area contributed by atoms with Crippen LogP contribution in [0.2, 0.25) is 6.04 Å². The molecular weight excluding hydrogens is 158 g/mol. The van der Waals surface area contributed by atoms with Crippen LogP contribution in [0, 0.1) is 0 Å². The van der Waals surface area contributed by atoms with E-state index in [0.717, 1.165) is 13.0 Å². The monoisotopic (exact) mass is 175 g/mol. The van der Waals surface area contributed by atoms with Gasteiger partial charge in [-0.25, -0.2) is 0 Å². The van der Waals surface area contributed by atoms with Crippen molar-refractivity contribution >= 4 is 16.1 Å². The summed E-state index contributed by atoms with van der Waals surface area (Å²) in [6.45, 7) is 0.905. The maximum atomic E-state index is 10.9. The number of hydrogen-bond donors (Lipinski definition) is 2. The van der Waals surface area contributed by atoms with Gasteiger partial charge in [0.05, 0.1) is 0 Å². The highest BCUT2D eigenvalue weighted by Gasteiger charge is 1.97. The molecular formula is C7H17NO2Si. The van der Waals surface area contributed by atoms with Crippen LogP contribution in [0.15, 0.2) is 0 Å². The summed E-state index contributed by atoms with van der Waals surface area (Å²) in [6, 6.07) is 1.24. The number of nitrogens with one attached hydrogen (secondary N) is 1. The Kier molecular flexibility index (Phi) is 7.50. The number of aliphatic hydroxyl groups is 1. The van der Waals surface area contributed by atoms with Gasteiger partial charge in [0.1, 0.15) is 0 Å². The molecule has 0 atom stereocenters. The summed E-state index contributed by atoms with van der Waals surface area (Å²) >= 11 is 0. The summed E-state index contributed by atoms with van der Waals surface area (Å²) in [5.74, 6) is 0.0640. The lowest BCUT2D eigenvalue weighted by atomic mass is 10.3. The van der Waals surface area contributed by atoms with Crippen LogP contribution >= 0.6 is 0 Å². The number of carbonyl (C=O) groups is 1. The Morgan fingerprint density at radius 2 is 2.18 bits per heavy atom. The van der Waals surface area contributed by atoms with Gasteiger partial charge in [0, 0.05) is 29.8 Å². The average molecular weight is 175 g/mol. The standard InChI is InChI=1S/C7H17NO2Si/c9-5-1-3-7(10)8-4-2-6-11/h9H,1-6H2,11H3,(H,8,10). The van der Waals surface area contributed by atoms with E-state index in [1.807, 2.05) is 0 Å². The molecule has 0 heterocycles. The van der Waals surface area contributed by atoms with Gasteiger partial charge >= 0.3 is 0 Å². The second kappa shape index (κ2) is 7.75. The minimum atomic E-state index is 0.0640. The third-order valence-corrected chi connectivity index (χ3v) is 2.12. The molecule has 4 heteroatoms. The first-order valence-electron chi connectivity index (χ1n) is 4.18. The fourth-order valence-corrected chi connectivity index (χ4v) is 1.09. The Hall–Kier alpha value is -0.353. The summed E-state index contributed by atoms with van der Waals surface area (Å²) in [4.78, 5) is 10.9. The highest BCUT2D eigenvalue weighted by Crippen LogP contribution is 1.87. The van der Waals surface area contributed by atoms with Crippen molar-refractivity contribution in [3.05, 3.63) is 0 Å². The molecule has 0 unspecified atom stereocenters. The predicted molar refractivity (Wildman–Crippen MR) is 48.7 cm³/mol. The maximum absolute atomic E-state index is 10.9. The topological polar surface area (TPSA) is 49.3 Å². The molecule has 66 valence electrons. The lowest BCUT2D eigenvalue weighted by Gasteiger charge is -2.01. The van der Waals surface area contributed by atoms with Crippen molar-refractivity contribution in [2.24, 2.45) is 0 Å². The Bertz CT molecular complexity index is 109. The van der Waals surface area contributed by atoms with E-state index in [2.05, 4.69) is 5.32 Å². The zero-order valence-corrected chi connectivity index (χ0v) is 9.10. The van der Waals surface area contributed by atoms with E-state index in [1.165, 1.54) is 16.3 Å². The predicted octanol–water partition coefficient (Wildman–Crippen LogP) is -0.951. The first-order chi connectivity index (χ1) is 5.31. The minimum Gasteiger partial charge on any atom is -0.396 e. The smallest absolute Gasteiger partial charge is 0.220 e. The number of carbonyl (C=O) groups excluding carboxylic acids is 1. The van der Waals surface area contributed by atoms with Crippen molar-refractivity contribution in [1.82, 2.24) is 5.32 Å². The number of amides is 1. The van der Waals surface area contributed by atoms with Gasteiger partial charge in [-0.05, 0) is 12.8 Å². The van der Waals surface area contributed by atoms with E-state index < -0.39 is 0 Å². The van der Waals surface area contributed by atoms with E-state index in [1.54, 1.807) is 0 Å². The fraction of sp³-hybridized carbons (Fsp3) is 0.857. The van der Waals surface area contributed by atoms with Gasteiger partial charge in [-0.2, -0.15) is 0 Å². The number of rotatable bonds is 6. The van der Waals surface area contributed by atoms with Crippen LogP contribution in [0.3, 0.4) is 0 Å². The second-order valence-corrected chi connectivity index (χ2v) is 3.53. The van der Waals surface area contributed by atoms with Crippen molar-refractivity contribution in [3.8, 4) is 0 Å². The number of aliphatic hydroxyl groups excluding tert-OH is 1. The zero-order chi connectivity index (χ0) is 8.53. The first-order valence-corrected chi connectivity index (χ1v) is 5.60. The van der Waals surface area contributed by atoms with E-state index >= 15 is 0 Å². The van der Waals surface area contributed by atoms with Crippen molar-refractivity contribution < 1.29 is 9.90 Å². The molecule has 0 saturated heterocycles. The van der Waals surface area contributed by atoms with Gasteiger partial charge in [0.15, 0.2) is 0 Å². The lowest BCUT2D eigenvalue weighted by molar-refractivity contribution is -0.121. The van der Waals surface area contributed by atoms with Crippen molar-refractivity contribution in [1.29, 1.82) is 0 Å². The Morgan fingerprint density at radius 1 is 1.45 bits per heavy atom.